The van der Waals surface area contributed by atoms with Crippen molar-refractivity contribution >= 4 is 5.65 Å². The van der Waals surface area contributed by atoms with Crippen LogP contribution < -0.4 is 5.56 Å². The molecule has 2 aromatic heterocycles. The van der Waals surface area contributed by atoms with Gasteiger partial charge in [0, 0.05) is 37.9 Å². The number of aromatic nitrogens is 2. The summed E-state index contributed by atoms with van der Waals surface area (Å²) in [5, 5.41) is 0. The van der Waals surface area contributed by atoms with Crippen LogP contribution in [0.4, 0.5) is 0 Å². The average Bonchev–Trinajstić information content (AvgIpc) is 2.97. The standard InChI is InChI=1S/C20H27N3O2/c1-15-6-7-18-21-16(11-19(24)23(18)12-15)13-22-10-4-9-20(14-22)8-3-5-17(20)25-2/h6-7,11-12,17H,3-5,8-10,13-14H2,1-2H3/t17-,20+/m1/s1. The molecule has 0 amide bonds. The van der Waals surface area contributed by atoms with Crippen molar-refractivity contribution < 1.29 is 4.74 Å². The molecule has 4 rings (SSSR count). The third kappa shape index (κ3) is 3.11. The summed E-state index contributed by atoms with van der Waals surface area (Å²) < 4.78 is 7.43. The molecule has 0 unspecified atom stereocenters. The molecule has 1 saturated carbocycles. The van der Waals surface area contributed by atoms with Crippen LogP contribution in [0, 0.1) is 12.3 Å². The van der Waals surface area contributed by atoms with E-state index >= 15 is 0 Å². The van der Waals surface area contributed by atoms with Gasteiger partial charge in [0.05, 0.1) is 11.8 Å². The summed E-state index contributed by atoms with van der Waals surface area (Å²) in [4.78, 5) is 19.6. The second kappa shape index (κ2) is 6.54. The van der Waals surface area contributed by atoms with Gasteiger partial charge in [-0.15, -0.1) is 0 Å². The number of aryl methyl sites for hydroxylation is 1. The number of pyridine rings is 1. The van der Waals surface area contributed by atoms with Crippen molar-refractivity contribution in [3.05, 3.63) is 46.0 Å². The minimum absolute atomic E-state index is 0.00561. The molecule has 2 atom stereocenters. The van der Waals surface area contributed by atoms with E-state index in [4.69, 9.17) is 9.72 Å². The van der Waals surface area contributed by atoms with E-state index in [0.717, 1.165) is 36.5 Å². The summed E-state index contributed by atoms with van der Waals surface area (Å²) >= 11 is 0. The Bertz CT molecular complexity index is 831. The molecule has 1 aliphatic heterocycles. The fraction of sp³-hybridized carbons (Fsp3) is 0.600. The van der Waals surface area contributed by atoms with E-state index < -0.39 is 0 Å². The van der Waals surface area contributed by atoms with Crippen molar-refractivity contribution in [2.75, 3.05) is 20.2 Å². The maximum Gasteiger partial charge on any atom is 0.258 e. The summed E-state index contributed by atoms with van der Waals surface area (Å²) in [5.41, 5.74) is 2.98. The van der Waals surface area contributed by atoms with Gasteiger partial charge in [-0.05, 0) is 50.8 Å². The van der Waals surface area contributed by atoms with Crippen LogP contribution in [0.1, 0.15) is 43.4 Å². The van der Waals surface area contributed by atoms with Crippen molar-refractivity contribution in [1.82, 2.24) is 14.3 Å². The van der Waals surface area contributed by atoms with Crippen molar-refractivity contribution in [3.63, 3.8) is 0 Å². The van der Waals surface area contributed by atoms with Crippen LogP contribution >= 0.6 is 0 Å². The molecule has 1 spiro atoms. The van der Waals surface area contributed by atoms with Gasteiger partial charge in [-0.2, -0.15) is 0 Å². The van der Waals surface area contributed by atoms with Crippen LogP contribution in [0.3, 0.4) is 0 Å². The molecule has 25 heavy (non-hydrogen) atoms. The van der Waals surface area contributed by atoms with Crippen molar-refractivity contribution in [2.24, 2.45) is 5.41 Å². The van der Waals surface area contributed by atoms with Gasteiger partial charge in [-0.25, -0.2) is 4.98 Å². The Morgan fingerprint density at radius 3 is 3.00 bits per heavy atom. The van der Waals surface area contributed by atoms with E-state index in [9.17, 15) is 4.79 Å². The topological polar surface area (TPSA) is 46.8 Å². The Hall–Kier alpha value is -1.72. The van der Waals surface area contributed by atoms with Gasteiger partial charge in [0.1, 0.15) is 5.65 Å². The van der Waals surface area contributed by atoms with Gasteiger partial charge in [0.2, 0.25) is 0 Å². The van der Waals surface area contributed by atoms with Crippen molar-refractivity contribution in [2.45, 2.75) is 51.7 Å². The molecule has 2 fully saturated rings. The number of hydrogen-bond acceptors (Lipinski definition) is 4. The molecule has 5 nitrogen and oxygen atoms in total. The number of fused-ring (bicyclic) bond motifs is 1. The molecule has 1 aliphatic carbocycles. The van der Waals surface area contributed by atoms with Gasteiger partial charge in [0.15, 0.2) is 0 Å². The molecule has 134 valence electrons. The summed E-state index contributed by atoms with van der Waals surface area (Å²) in [6.45, 7) is 4.87. The molecular weight excluding hydrogens is 314 g/mol. The molecule has 0 radical (unpaired) electrons. The molecule has 0 N–H and O–H groups in total. The van der Waals surface area contributed by atoms with E-state index in [-0.39, 0.29) is 5.56 Å². The second-order valence-corrected chi connectivity index (χ2v) is 7.81. The summed E-state index contributed by atoms with van der Waals surface area (Å²) in [7, 11) is 1.85. The lowest BCUT2D eigenvalue weighted by molar-refractivity contribution is -0.0368. The number of methoxy groups -OCH3 is 1. The molecular formula is C20H27N3O2. The molecule has 5 heteroatoms. The van der Waals surface area contributed by atoms with E-state index in [0.29, 0.717) is 11.5 Å². The second-order valence-electron chi connectivity index (χ2n) is 7.81. The van der Waals surface area contributed by atoms with E-state index in [1.165, 1.54) is 32.1 Å². The molecule has 2 aromatic rings. The van der Waals surface area contributed by atoms with Crippen LogP contribution in [-0.2, 0) is 11.3 Å². The highest BCUT2D eigenvalue weighted by molar-refractivity contribution is 5.39. The van der Waals surface area contributed by atoms with Crippen LogP contribution in [0.25, 0.3) is 5.65 Å². The lowest BCUT2D eigenvalue weighted by atomic mass is 9.76. The van der Waals surface area contributed by atoms with Gasteiger partial charge in [-0.3, -0.25) is 14.1 Å². The van der Waals surface area contributed by atoms with Crippen LogP contribution in [0.2, 0.25) is 0 Å². The van der Waals surface area contributed by atoms with Gasteiger partial charge in [-0.1, -0.05) is 12.5 Å². The normalized spacial score (nSPS) is 27.4. The maximum absolute atomic E-state index is 12.4. The first-order valence-corrected chi connectivity index (χ1v) is 9.34. The average molecular weight is 341 g/mol. The minimum atomic E-state index is 0.00561. The molecule has 3 heterocycles. The van der Waals surface area contributed by atoms with E-state index in [1.807, 2.05) is 32.4 Å². The zero-order valence-corrected chi connectivity index (χ0v) is 15.2. The highest BCUT2D eigenvalue weighted by Crippen LogP contribution is 2.46. The monoisotopic (exact) mass is 341 g/mol. The molecule has 0 aromatic carbocycles. The minimum Gasteiger partial charge on any atom is -0.381 e. The third-order valence-electron chi connectivity index (χ3n) is 6.04. The number of rotatable bonds is 3. The first kappa shape index (κ1) is 16.7. The van der Waals surface area contributed by atoms with Gasteiger partial charge in [0.25, 0.3) is 5.56 Å². The fourth-order valence-corrected chi connectivity index (χ4v) is 4.90. The smallest absolute Gasteiger partial charge is 0.258 e. The summed E-state index contributed by atoms with van der Waals surface area (Å²) in [6.07, 6.45) is 8.40. The highest BCUT2D eigenvalue weighted by Gasteiger charge is 2.45. The predicted octanol–water partition coefficient (Wildman–Crippen LogP) is 2.78. The Morgan fingerprint density at radius 1 is 1.32 bits per heavy atom. The molecule has 1 saturated heterocycles. The Labute approximate surface area is 148 Å². The Kier molecular flexibility index (Phi) is 4.38. The first-order valence-electron chi connectivity index (χ1n) is 9.34. The van der Waals surface area contributed by atoms with Crippen LogP contribution in [-0.4, -0.2) is 40.6 Å². The lowest BCUT2D eigenvalue weighted by Crippen LogP contribution is -2.47. The predicted molar refractivity (Wildman–Crippen MR) is 97.8 cm³/mol. The first-order chi connectivity index (χ1) is 12.1. The quantitative estimate of drug-likeness (QED) is 0.861. The Morgan fingerprint density at radius 2 is 2.16 bits per heavy atom. The fourth-order valence-electron chi connectivity index (χ4n) is 4.90. The number of hydrogen-bond donors (Lipinski definition) is 0. The molecule has 2 aliphatic rings. The number of piperidine rings is 1. The number of ether oxygens (including phenoxy) is 1. The summed E-state index contributed by atoms with van der Waals surface area (Å²) in [6, 6.07) is 5.62. The number of likely N-dealkylation sites (tertiary alicyclic amines) is 1. The molecule has 0 bridgehead atoms. The Balaban J connectivity index is 1.57. The van der Waals surface area contributed by atoms with Crippen LogP contribution in [0.5, 0.6) is 0 Å². The van der Waals surface area contributed by atoms with E-state index in [2.05, 4.69) is 4.90 Å². The highest BCUT2D eigenvalue weighted by atomic mass is 16.5. The van der Waals surface area contributed by atoms with Crippen molar-refractivity contribution in [1.29, 1.82) is 0 Å². The zero-order chi connectivity index (χ0) is 17.4. The summed E-state index contributed by atoms with van der Waals surface area (Å²) in [5.74, 6) is 0. The largest absolute Gasteiger partial charge is 0.381 e. The third-order valence-corrected chi connectivity index (χ3v) is 6.04. The van der Waals surface area contributed by atoms with Gasteiger partial charge < -0.3 is 4.74 Å². The number of nitrogens with zero attached hydrogens (tertiary/aromatic N) is 3. The van der Waals surface area contributed by atoms with E-state index in [1.54, 1.807) is 10.5 Å². The lowest BCUT2D eigenvalue weighted by Gasteiger charge is -2.43. The zero-order valence-electron chi connectivity index (χ0n) is 15.2. The van der Waals surface area contributed by atoms with Crippen LogP contribution in [0.15, 0.2) is 29.2 Å². The van der Waals surface area contributed by atoms with Gasteiger partial charge >= 0.3 is 0 Å². The maximum atomic E-state index is 12.4. The van der Waals surface area contributed by atoms with Crippen molar-refractivity contribution in [3.8, 4) is 0 Å². The SMILES string of the molecule is CO[C@@H]1CCC[C@@]12CCCN(Cc1cc(=O)n3cc(C)ccc3n1)C2.